The van der Waals surface area contributed by atoms with Crippen molar-refractivity contribution < 1.29 is 4.74 Å². The maximum absolute atomic E-state index is 5.21. The molecule has 24 heavy (non-hydrogen) atoms. The van der Waals surface area contributed by atoms with E-state index in [1.807, 2.05) is 36.5 Å². The van der Waals surface area contributed by atoms with Crippen molar-refractivity contribution in [3.05, 3.63) is 36.5 Å². The molecule has 1 aromatic heterocycles. The van der Waals surface area contributed by atoms with E-state index in [0.717, 1.165) is 23.0 Å². The quantitative estimate of drug-likeness (QED) is 0.936. The number of hydrogen-bond donors (Lipinski definition) is 1. The van der Waals surface area contributed by atoms with Crippen LogP contribution in [0.2, 0.25) is 0 Å². The number of piperidine rings is 1. The second-order valence-corrected chi connectivity index (χ2v) is 6.86. The van der Waals surface area contributed by atoms with E-state index in [4.69, 9.17) is 9.72 Å². The first-order valence-corrected chi connectivity index (χ1v) is 8.69. The highest BCUT2D eigenvalue weighted by atomic mass is 16.5. The van der Waals surface area contributed by atoms with Crippen molar-refractivity contribution in [2.24, 2.45) is 0 Å². The average molecular weight is 324 g/mol. The molecule has 5 heteroatoms. The fraction of sp³-hybridized carbons (Fsp3) is 0.474. The molecule has 2 aliphatic rings. The van der Waals surface area contributed by atoms with Gasteiger partial charge in [0.2, 0.25) is 5.95 Å². The molecule has 2 atom stereocenters. The Morgan fingerprint density at radius 2 is 1.79 bits per heavy atom. The van der Waals surface area contributed by atoms with Crippen LogP contribution in [0.4, 0.5) is 5.95 Å². The highest BCUT2D eigenvalue weighted by molar-refractivity contribution is 5.61. The number of anilines is 1. The van der Waals surface area contributed by atoms with Gasteiger partial charge in [0, 0.05) is 29.9 Å². The average Bonchev–Trinajstić information content (AvgIpc) is 2.83. The molecular formula is C19H24N4O. The van der Waals surface area contributed by atoms with Crippen LogP contribution in [-0.2, 0) is 0 Å². The van der Waals surface area contributed by atoms with Gasteiger partial charge in [0.15, 0.2) is 0 Å². The van der Waals surface area contributed by atoms with Crippen molar-refractivity contribution >= 4 is 5.95 Å². The Bertz CT molecular complexity index is 689. The summed E-state index contributed by atoms with van der Waals surface area (Å²) in [5.41, 5.74) is 2.01. The molecular weight excluding hydrogens is 300 g/mol. The minimum atomic E-state index is 0.477. The second kappa shape index (κ2) is 6.40. The summed E-state index contributed by atoms with van der Waals surface area (Å²) in [4.78, 5) is 11.7. The number of ether oxygens (including phenoxy) is 1. The van der Waals surface area contributed by atoms with E-state index < -0.39 is 0 Å². The lowest BCUT2D eigenvalue weighted by Crippen LogP contribution is -2.44. The summed E-state index contributed by atoms with van der Waals surface area (Å²) in [5.74, 6) is 1.59. The highest BCUT2D eigenvalue weighted by Gasteiger charge is 2.38. The Morgan fingerprint density at radius 1 is 1.08 bits per heavy atom. The van der Waals surface area contributed by atoms with Gasteiger partial charge >= 0.3 is 0 Å². The number of hydrogen-bond acceptors (Lipinski definition) is 5. The van der Waals surface area contributed by atoms with Crippen LogP contribution < -0.4 is 10.1 Å². The largest absolute Gasteiger partial charge is 0.497 e. The molecule has 126 valence electrons. The maximum atomic E-state index is 5.21. The first kappa shape index (κ1) is 15.4. The molecule has 2 fully saturated rings. The van der Waals surface area contributed by atoms with E-state index in [-0.39, 0.29) is 0 Å². The van der Waals surface area contributed by atoms with Crippen LogP contribution in [-0.4, -0.2) is 47.2 Å². The normalized spacial score (nSPS) is 26.3. The van der Waals surface area contributed by atoms with E-state index in [0.29, 0.717) is 18.1 Å². The van der Waals surface area contributed by atoms with Gasteiger partial charge in [-0.15, -0.1) is 0 Å². The van der Waals surface area contributed by atoms with E-state index >= 15 is 0 Å². The molecule has 2 saturated heterocycles. The highest BCUT2D eigenvalue weighted by Crippen LogP contribution is 2.35. The number of fused-ring (bicyclic) bond motifs is 2. The molecule has 0 radical (unpaired) electrons. The molecule has 5 nitrogen and oxygen atoms in total. The Morgan fingerprint density at radius 3 is 2.46 bits per heavy atom. The molecule has 2 unspecified atom stereocenters. The third kappa shape index (κ3) is 2.96. The molecule has 0 aliphatic carbocycles. The number of aromatic nitrogens is 2. The van der Waals surface area contributed by atoms with Crippen molar-refractivity contribution in [2.45, 2.75) is 43.8 Å². The van der Waals surface area contributed by atoms with Gasteiger partial charge in [-0.1, -0.05) is 0 Å². The molecule has 0 amide bonds. The molecule has 2 aliphatic heterocycles. The summed E-state index contributed by atoms with van der Waals surface area (Å²) in [5, 5.41) is 3.56. The molecule has 3 heterocycles. The smallest absolute Gasteiger partial charge is 0.223 e. The SMILES string of the molecule is COc1ccc(-c2ccnc(NC3CC4CCC(C3)N4C)n2)cc1. The number of nitrogens with one attached hydrogen (secondary N) is 1. The van der Waals surface area contributed by atoms with E-state index in [1.54, 1.807) is 7.11 Å². The minimum Gasteiger partial charge on any atom is -0.497 e. The summed E-state index contributed by atoms with van der Waals surface area (Å²) in [6.45, 7) is 0. The van der Waals surface area contributed by atoms with E-state index in [9.17, 15) is 0 Å². The zero-order chi connectivity index (χ0) is 16.5. The van der Waals surface area contributed by atoms with Crippen molar-refractivity contribution in [3.8, 4) is 17.0 Å². The van der Waals surface area contributed by atoms with E-state index in [2.05, 4.69) is 22.2 Å². The van der Waals surface area contributed by atoms with Gasteiger partial charge in [-0.2, -0.15) is 0 Å². The summed E-state index contributed by atoms with van der Waals surface area (Å²) < 4.78 is 5.21. The molecule has 4 rings (SSSR count). The molecule has 0 saturated carbocycles. The van der Waals surface area contributed by atoms with Crippen LogP contribution in [0.25, 0.3) is 11.3 Å². The third-order valence-corrected chi connectivity index (χ3v) is 5.47. The van der Waals surface area contributed by atoms with Crippen molar-refractivity contribution in [1.29, 1.82) is 0 Å². The standard InChI is InChI=1S/C19H24N4O/c1-23-15-5-6-16(23)12-14(11-15)21-19-20-10-9-18(22-19)13-3-7-17(24-2)8-4-13/h3-4,7-10,14-16H,5-6,11-12H2,1-2H3,(H,20,21,22). The lowest BCUT2D eigenvalue weighted by molar-refractivity contribution is 0.168. The molecule has 0 spiro atoms. The summed E-state index contributed by atoms with van der Waals surface area (Å²) in [6.07, 6.45) is 6.85. The van der Waals surface area contributed by atoms with Crippen LogP contribution in [0.3, 0.4) is 0 Å². The Labute approximate surface area is 143 Å². The molecule has 1 aromatic carbocycles. The lowest BCUT2D eigenvalue weighted by atomic mass is 9.98. The lowest BCUT2D eigenvalue weighted by Gasteiger charge is -2.36. The maximum Gasteiger partial charge on any atom is 0.223 e. The van der Waals surface area contributed by atoms with Crippen LogP contribution in [0.5, 0.6) is 5.75 Å². The number of rotatable bonds is 4. The fourth-order valence-corrected chi connectivity index (χ4v) is 4.06. The fourth-order valence-electron chi connectivity index (χ4n) is 4.06. The van der Waals surface area contributed by atoms with Gasteiger partial charge in [-0.05, 0) is 63.1 Å². The molecule has 2 bridgehead atoms. The van der Waals surface area contributed by atoms with Gasteiger partial charge in [0.1, 0.15) is 5.75 Å². The number of nitrogens with zero attached hydrogens (tertiary/aromatic N) is 3. The third-order valence-electron chi connectivity index (χ3n) is 5.47. The Hall–Kier alpha value is -2.14. The zero-order valence-corrected chi connectivity index (χ0v) is 14.3. The first-order chi connectivity index (χ1) is 11.7. The molecule has 1 N–H and O–H groups in total. The van der Waals surface area contributed by atoms with Gasteiger partial charge in [-0.25, -0.2) is 9.97 Å². The number of benzene rings is 1. The topological polar surface area (TPSA) is 50.3 Å². The summed E-state index contributed by atoms with van der Waals surface area (Å²) in [7, 11) is 3.94. The first-order valence-electron chi connectivity index (χ1n) is 8.69. The number of methoxy groups -OCH3 is 1. The summed E-state index contributed by atoms with van der Waals surface area (Å²) >= 11 is 0. The predicted molar refractivity (Wildman–Crippen MR) is 95.2 cm³/mol. The van der Waals surface area contributed by atoms with Crippen LogP contribution in [0.15, 0.2) is 36.5 Å². The van der Waals surface area contributed by atoms with Gasteiger partial charge < -0.3 is 15.0 Å². The van der Waals surface area contributed by atoms with Crippen LogP contribution in [0, 0.1) is 0 Å². The predicted octanol–water partition coefficient (Wildman–Crippen LogP) is 3.19. The van der Waals surface area contributed by atoms with E-state index in [1.165, 1.54) is 25.7 Å². The Balaban J connectivity index is 1.48. The van der Waals surface area contributed by atoms with Crippen molar-refractivity contribution in [2.75, 3.05) is 19.5 Å². The zero-order valence-electron chi connectivity index (χ0n) is 14.3. The minimum absolute atomic E-state index is 0.477. The summed E-state index contributed by atoms with van der Waals surface area (Å²) in [6, 6.07) is 11.8. The monoisotopic (exact) mass is 324 g/mol. The van der Waals surface area contributed by atoms with Gasteiger partial charge in [0.25, 0.3) is 0 Å². The van der Waals surface area contributed by atoms with Crippen LogP contribution in [0.1, 0.15) is 25.7 Å². The van der Waals surface area contributed by atoms with Gasteiger partial charge in [0.05, 0.1) is 12.8 Å². The van der Waals surface area contributed by atoms with Crippen LogP contribution >= 0.6 is 0 Å². The van der Waals surface area contributed by atoms with Crippen molar-refractivity contribution in [3.63, 3.8) is 0 Å². The van der Waals surface area contributed by atoms with Crippen molar-refractivity contribution in [1.82, 2.24) is 14.9 Å². The second-order valence-electron chi connectivity index (χ2n) is 6.86. The molecule has 2 aromatic rings. The Kier molecular flexibility index (Phi) is 4.10. The van der Waals surface area contributed by atoms with Gasteiger partial charge in [-0.3, -0.25) is 0 Å².